The second-order valence-corrected chi connectivity index (χ2v) is 3.66. The molecule has 0 bridgehead atoms. The van der Waals surface area contributed by atoms with Crippen LogP contribution in [0.2, 0.25) is 0 Å². The molecule has 0 aromatic carbocycles. The first kappa shape index (κ1) is 11.1. The predicted octanol–water partition coefficient (Wildman–Crippen LogP) is 1.57. The van der Waals surface area contributed by atoms with Gasteiger partial charge >= 0.3 is 5.97 Å². The summed E-state index contributed by atoms with van der Waals surface area (Å²) in [6, 6.07) is 3.16. The van der Waals surface area contributed by atoms with E-state index in [-0.39, 0.29) is 5.56 Å². The Morgan fingerprint density at radius 1 is 1.47 bits per heavy atom. The van der Waals surface area contributed by atoms with E-state index in [1.165, 1.54) is 6.07 Å². The number of hydrogen-bond acceptors (Lipinski definition) is 4. The molecule has 2 N–H and O–H groups in total. The first-order valence-corrected chi connectivity index (χ1v) is 5.03. The third-order valence-electron chi connectivity index (χ3n) is 2.29. The molecular formula is C11H12N4O2. The zero-order chi connectivity index (χ0) is 12.4. The monoisotopic (exact) mass is 232 g/mol. The standard InChI is InChI=1S/C11H12N4O2/c1-7-9(11(16)17)3-4-10(13-7)14-8-5-12-15(2)6-8/h3-6H,1-2H3,(H,13,14)(H,16,17). The van der Waals surface area contributed by atoms with E-state index in [4.69, 9.17) is 5.11 Å². The highest BCUT2D eigenvalue weighted by Gasteiger charge is 2.08. The molecule has 0 saturated carbocycles. The second kappa shape index (κ2) is 4.25. The lowest BCUT2D eigenvalue weighted by Gasteiger charge is -2.05. The van der Waals surface area contributed by atoms with Gasteiger partial charge in [-0.2, -0.15) is 5.10 Å². The van der Waals surface area contributed by atoms with E-state index in [1.807, 2.05) is 13.2 Å². The molecule has 2 heterocycles. The molecule has 0 aliphatic rings. The van der Waals surface area contributed by atoms with Crippen molar-refractivity contribution >= 4 is 17.5 Å². The van der Waals surface area contributed by atoms with E-state index >= 15 is 0 Å². The number of nitrogens with one attached hydrogen (secondary N) is 1. The molecule has 6 heteroatoms. The summed E-state index contributed by atoms with van der Waals surface area (Å²) in [5.74, 6) is -0.372. The lowest BCUT2D eigenvalue weighted by Crippen LogP contribution is -2.03. The van der Waals surface area contributed by atoms with Gasteiger partial charge in [0.25, 0.3) is 0 Å². The van der Waals surface area contributed by atoms with Crippen molar-refractivity contribution in [2.75, 3.05) is 5.32 Å². The number of carboxylic acids is 1. The van der Waals surface area contributed by atoms with Crippen LogP contribution >= 0.6 is 0 Å². The SMILES string of the molecule is Cc1nc(Nc2cnn(C)c2)ccc1C(=O)O. The van der Waals surface area contributed by atoms with Gasteiger partial charge in [-0.3, -0.25) is 4.68 Å². The van der Waals surface area contributed by atoms with Gasteiger partial charge < -0.3 is 10.4 Å². The fourth-order valence-electron chi connectivity index (χ4n) is 1.49. The number of rotatable bonds is 3. The van der Waals surface area contributed by atoms with Gasteiger partial charge in [0, 0.05) is 13.2 Å². The number of aryl methyl sites for hydroxylation is 2. The molecule has 0 aliphatic carbocycles. The van der Waals surface area contributed by atoms with Crippen molar-refractivity contribution in [2.45, 2.75) is 6.92 Å². The molecular weight excluding hydrogens is 220 g/mol. The number of carbonyl (C=O) groups is 1. The van der Waals surface area contributed by atoms with E-state index in [9.17, 15) is 4.79 Å². The van der Waals surface area contributed by atoms with Gasteiger partial charge in [0.1, 0.15) is 5.82 Å². The Morgan fingerprint density at radius 2 is 2.24 bits per heavy atom. The quantitative estimate of drug-likeness (QED) is 0.839. The van der Waals surface area contributed by atoms with Crippen LogP contribution in [-0.2, 0) is 7.05 Å². The largest absolute Gasteiger partial charge is 0.478 e. The van der Waals surface area contributed by atoms with Crippen LogP contribution in [0.3, 0.4) is 0 Å². The maximum absolute atomic E-state index is 10.8. The van der Waals surface area contributed by atoms with Crippen molar-refractivity contribution in [1.82, 2.24) is 14.8 Å². The Kier molecular flexibility index (Phi) is 2.78. The van der Waals surface area contributed by atoms with Gasteiger partial charge in [-0.1, -0.05) is 0 Å². The van der Waals surface area contributed by atoms with Gasteiger partial charge in [-0.15, -0.1) is 0 Å². The number of nitrogens with zero attached hydrogens (tertiary/aromatic N) is 3. The molecule has 2 rings (SSSR count). The highest BCUT2D eigenvalue weighted by atomic mass is 16.4. The van der Waals surface area contributed by atoms with E-state index < -0.39 is 5.97 Å². The van der Waals surface area contributed by atoms with Gasteiger partial charge in [-0.05, 0) is 19.1 Å². The molecule has 88 valence electrons. The normalized spacial score (nSPS) is 10.2. The highest BCUT2D eigenvalue weighted by Crippen LogP contribution is 2.15. The van der Waals surface area contributed by atoms with Crippen molar-refractivity contribution in [2.24, 2.45) is 7.05 Å². The Labute approximate surface area is 97.9 Å². The highest BCUT2D eigenvalue weighted by molar-refractivity contribution is 5.89. The lowest BCUT2D eigenvalue weighted by molar-refractivity contribution is 0.0695. The Bertz CT molecular complexity index is 562. The van der Waals surface area contributed by atoms with Crippen molar-refractivity contribution < 1.29 is 9.90 Å². The summed E-state index contributed by atoms with van der Waals surface area (Å²) >= 11 is 0. The van der Waals surface area contributed by atoms with Gasteiger partial charge in [0.2, 0.25) is 0 Å². The Balaban J connectivity index is 2.23. The molecule has 0 amide bonds. The topological polar surface area (TPSA) is 80.0 Å². The number of aromatic nitrogens is 3. The zero-order valence-corrected chi connectivity index (χ0v) is 9.51. The number of anilines is 2. The molecule has 6 nitrogen and oxygen atoms in total. The average molecular weight is 232 g/mol. The molecule has 17 heavy (non-hydrogen) atoms. The van der Waals surface area contributed by atoms with Crippen LogP contribution in [0.1, 0.15) is 16.1 Å². The minimum atomic E-state index is -0.970. The number of aromatic carboxylic acids is 1. The van der Waals surface area contributed by atoms with Crippen LogP contribution in [0.25, 0.3) is 0 Å². The average Bonchev–Trinajstić information content (AvgIpc) is 2.63. The van der Waals surface area contributed by atoms with E-state index in [0.29, 0.717) is 11.5 Å². The molecule has 0 aliphatic heterocycles. The molecule has 0 spiro atoms. The molecule has 0 unspecified atom stereocenters. The van der Waals surface area contributed by atoms with Gasteiger partial charge in [0.05, 0.1) is 23.1 Å². The minimum absolute atomic E-state index is 0.210. The van der Waals surface area contributed by atoms with Crippen molar-refractivity contribution in [1.29, 1.82) is 0 Å². The lowest BCUT2D eigenvalue weighted by atomic mass is 10.2. The summed E-state index contributed by atoms with van der Waals surface area (Å²) in [7, 11) is 1.82. The maximum atomic E-state index is 10.8. The van der Waals surface area contributed by atoms with Crippen LogP contribution in [0.4, 0.5) is 11.5 Å². The molecule has 0 radical (unpaired) electrons. The summed E-state index contributed by atoms with van der Waals surface area (Å²) in [6.07, 6.45) is 3.48. The molecule has 2 aromatic heterocycles. The van der Waals surface area contributed by atoms with Crippen molar-refractivity contribution in [3.05, 3.63) is 35.8 Å². The molecule has 0 fully saturated rings. The molecule has 2 aromatic rings. The smallest absolute Gasteiger partial charge is 0.337 e. The number of hydrogen-bond donors (Lipinski definition) is 2. The van der Waals surface area contributed by atoms with Crippen LogP contribution < -0.4 is 5.32 Å². The third-order valence-corrected chi connectivity index (χ3v) is 2.29. The number of carboxylic acid groups (broad SMARTS) is 1. The van der Waals surface area contributed by atoms with Crippen LogP contribution in [0.5, 0.6) is 0 Å². The van der Waals surface area contributed by atoms with Crippen LogP contribution in [0.15, 0.2) is 24.5 Å². The summed E-state index contributed by atoms with van der Waals surface area (Å²) in [6.45, 7) is 1.66. The second-order valence-electron chi connectivity index (χ2n) is 3.66. The zero-order valence-electron chi connectivity index (χ0n) is 9.51. The van der Waals surface area contributed by atoms with Crippen LogP contribution in [0, 0.1) is 6.92 Å². The summed E-state index contributed by atoms with van der Waals surface area (Å²) in [5, 5.41) is 15.9. The van der Waals surface area contributed by atoms with Crippen molar-refractivity contribution in [3.8, 4) is 0 Å². The Morgan fingerprint density at radius 3 is 2.76 bits per heavy atom. The molecule has 0 saturated heterocycles. The van der Waals surface area contributed by atoms with E-state index in [1.54, 1.807) is 23.9 Å². The first-order chi connectivity index (χ1) is 8.06. The van der Waals surface area contributed by atoms with Gasteiger partial charge in [0.15, 0.2) is 0 Å². The van der Waals surface area contributed by atoms with Crippen molar-refractivity contribution in [3.63, 3.8) is 0 Å². The third kappa shape index (κ3) is 2.41. The first-order valence-electron chi connectivity index (χ1n) is 5.03. The fraction of sp³-hybridized carbons (Fsp3) is 0.182. The fourth-order valence-corrected chi connectivity index (χ4v) is 1.49. The Hall–Kier alpha value is -2.37. The predicted molar refractivity (Wildman–Crippen MR) is 62.4 cm³/mol. The van der Waals surface area contributed by atoms with Crippen LogP contribution in [-0.4, -0.2) is 25.8 Å². The summed E-state index contributed by atoms with van der Waals surface area (Å²) in [5.41, 5.74) is 1.50. The van der Waals surface area contributed by atoms with E-state index in [2.05, 4.69) is 15.4 Å². The van der Waals surface area contributed by atoms with E-state index in [0.717, 1.165) is 5.69 Å². The molecule has 0 atom stereocenters. The summed E-state index contributed by atoms with van der Waals surface area (Å²) in [4.78, 5) is 15.0. The minimum Gasteiger partial charge on any atom is -0.478 e. The number of pyridine rings is 1. The van der Waals surface area contributed by atoms with Gasteiger partial charge in [-0.25, -0.2) is 9.78 Å². The summed E-state index contributed by atoms with van der Waals surface area (Å²) < 4.78 is 1.67. The maximum Gasteiger partial charge on any atom is 0.337 e.